The van der Waals surface area contributed by atoms with Crippen molar-refractivity contribution in [3.05, 3.63) is 12.2 Å². The molecular weight excluding hydrogens is 144 g/mol. The van der Waals surface area contributed by atoms with Crippen LogP contribution in [0.2, 0.25) is 0 Å². The summed E-state index contributed by atoms with van der Waals surface area (Å²) in [7, 11) is 0. The van der Waals surface area contributed by atoms with Gasteiger partial charge in [0, 0.05) is 6.61 Å². The van der Waals surface area contributed by atoms with E-state index in [9.17, 15) is 0 Å². The molecule has 0 radical (unpaired) electrons. The maximum absolute atomic E-state index is 8.37. The zero-order valence-electron chi connectivity index (χ0n) is 6.86. The lowest BCUT2D eigenvalue weighted by Gasteiger charge is -1.98. The quantitative estimate of drug-likeness (QED) is 0.341. The maximum Gasteiger partial charge on any atom is 0.171 e. The van der Waals surface area contributed by atoms with Crippen LogP contribution in [0.4, 0.5) is 0 Å². The highest BCUT2D eigenvalue weighted by Crippen LogP contribution is 1.88. The third-order valence-electron chi connectivity index (χ3n) is 1.16. The Kier molecular flexibility index (Phi) is 7.46. The minimum atomic E-state index is -1.36. The molecule has 2 N–H and O–H groups in total. The topological polar surface area (TPSA) is 49.7 Å². The summed E-state index contributed by atoms with van der Waals surface area (Å²) >= 11 is 0. The third kappa shape index (κ3) is 9.62. The molecule has 0 bridgehead atoms. The summed E-state index contributed by atoms with van der Waals surface area (Å²) in [6.45, 7) is 3.29. The lowest BCUT2D eigenvalue weighted by molar-refractivity contribution is 0.00166. The predicted molar refractivity (Wildman–Crippen MR) is 43.1 cm³/mol. The summed E-state index contributed by atoms with van der Waals surface area (Å²) in [5, 5.41) is 16.7. The smallest absolute Gasteiger partial charge is 0.171 e. The average Bonchev–Trinajstić information content (AvgIpc) is 1.96. The van der Waals surface area contributed by atoms with Gasteiger partial charge < -0.3 is 14.9 Å². The Bertz CT molecular complexity index is 99.5. The van der Waals surface area contributed by atoms with E-state index in [1.54, 1.807) is 6.08 Å². The van der Waals surface area contributed by atoms with E-state index in [1.165, 1.54) is 6.08 Å². The Morgan fingerprint density at radius 2 is 2.18 bits per heavy atom. The van der Waals surface area contributed by atoms with E-state index in [2.05, 4.69) is 6.92 Å². The molecule has 11 heavy (non-hydrogen) atoms. The number of hydrogen-bond acceptors (Lipinski definition) is 3. The van der Waals surface area contributed by atoms with Crippen LogP contribution in [0.3, 0.4) is 0 Å². The zero-order valence-corrected chi connectivity index (χ0v) is 6.86. The minimum Gasteiger partial charge on any atom is -0.377 e. The minimum absolute atomic E-state index is 0.456. The van der Waals surface area contributed by atoms with Gasteiger partial charge in [0.05, 0.1) is 6.61 Å². The second-order valence-electron chi connectivity index (χ2n) is 2.27. The Morgan fingerprint density at radius 1 is 1.45 bits per heavy atom. The molecule has 0 rings (SSSR count). The van der Waals surface area contributed by atoms with Gasteiger partial charge in [-0.05, 0) is 12.5 Å². The van der Waals surface area contributed by atoms with Gasteiger partial charge >= 0.3 is 0 Å². The number of ether oxygens (including phenoxy) is 1. The van der Waals surface area contributed by atoms with Gasteiger partial charge in [0.1, 0.15) is 0 Å². The number of unbranched alkanes of at least 4 members (excludes halogenated alkanes) is 1. The molecule has 0 amide bonds. The van der Waals surface area contributed by atoms with Crippen molar-refractivity contribution in [3.8, 4) is 0 Å². The van der Waals surface area contributed by atoms with Gasteiger partial charge in [-0.2, -0.15) is 0 Å². The Balaban J connectivity index is 3.01. The molecule has 0 heterocycles. The first-order valence-electron chi connectivity index (χ1n) is 3.88. The molecule has 0 aromatic carbocycles. The number of aliphatic hydroxyl groups excluding tert-OH is 1. The van der Waals surface area contributed by atoms with Crippen LogP contribution >= 0.6 is 0 Å². The molecule has 0 saturated heterocycles. The molecule has 0 atom stereocenters. The first kappa shape index (κ1) is 10.6. The van der Waals surface area contributed by atoms with E-state index in [4.69, 9.17) is 14.9 Å². The van der Waals surface area contributed by atoms with Crippen LogP contribution in [0.15, 0.2) is 12.2 Å². The van der Waals surface area contributed by atoms with Gasteiger partial charge in [0.15, 0.2) is 6.29 Å². The van der Waals surface area contributed by atoms with Crippen LogP contribution in [0, 0.1) is 0 Å². The van der Waals surface area contributed by atoms with Gasteiger partial charge in [-0.25, -0.2) is 0 Å². The highest BCUT2D eigenvalue weighted by molar-refractivity contribution is 4.82. The van der Waals surface area contributed by atoms with Crippen molar-refractivity contribution >= 4 is 0 Å². The highest BCUT2D eigenvalue weighted by atomic mass is 16.5. The fourth-order valence-corrected chi connectivity index (χ4v) is 0.575. The van der Waals surface area contributed by atoms with Gasteiger partial charge in [0.2, 0.25) is 0 Å². The van der Waals surface area contributed by atoms with Crippen molar-refractivity contribution in [1.29, 1.82) is 0 Å². The van der Waals surface area contributed by atoms with E-state index in [-0.39, 0.29) is 0 Å². The second-order valence-corrected chi connectivity index (χ2v) is 2.27. The Morgan fingerprint density at radius 3 is 2.73 bits per heavy atom. The first-order valence-corrected chi connectivity index (χ1v) is 3.88. The van der Waals surface area contributed by atoms with Crippen molar-refractivity contribution in [1.82, 2.24) is 0 Å². The number of rotatable bonds is 6. The van der Waals surface area contributed by atoms with Gasteiger partial charge in [-0.15, -0.1) is 0 Å². The summed E-state index contributed by atoms with van der Waals surface area (Å²) in [4.78, 5) is 0. The van der Waals surface area contributed by atoms with Gasteiger partial charge in [-0.3, -0.25) is 0 Å². The SMILES string of the molecule is CCCCOC/C=C/C(O)O. The number of hydrogen-bond donors (Lipinski definition) is 2. The van der Waals surface area contributed by atoms with E-state index >= 15 is 0 Å². The third-order valence-corrected chi connectivity index (χ3v) is 1.16. The molecule has 0 aromatic heterocycles. The van der Waals surface area contributed by atoms with E-state index in [0.29, 0.717) is 6.61 Å². The molecule has 0 aliphatic heterocycles. The molecule has 0 fully saturated rings. The molecule has 0 aliphatic carbocycles. The summed E-state index contributed by atoms with van der Waals surface area (Å²) < 4.78 is 5.12. The van der Waals surface area contributed by atoms with E-state index in [0.717, 1.165) is 19.4 Å². The molecule has 0 unspecified atom stereocenters. The van der Waals surface area contributed by atoms with Crippen molar-refractivity contribution in [2.24, 2.45) is 0 Å². The van der Waals surface area contributed by atoms with Crippen LogP contribution in [-0.4, -0.2) is 29.7 Å². The van der Waals surface area contributed by atoms with Gasteiger partial charge in [-0.1, -0.05) is 19.4 Å². The van der Waals surface area contributed by atoms with E-state index in [1.807, 2.05) is 0 Å². The Labute approximate surface area is 67.3 Å². The van der Waals surface area contributed by atoms with Crippen LogP contribution < -0.4 is 0 Å². The van der Waals surface area contributed by atoms with Crippen LogP contribution in [0.5, 0.6) is 0 Å². The predicted octanol–water partition coefficient (Wildman–Crippen LogP) is 0.670. The highest BCUT2D eigenvalue weighted by Gasteiger charge is 1.86. The van der Waals surface area contributed by atoms with Crippen LogP contribution in [0.25, 0.3) is 0 Å². The molecule has 3 heteroatoms. The fraction of sp³-hybridized carbons (Fsp3) is 0.750. The summed E-state index contributed by atoms with van der Waals surface area (Å²) in [6.07, 6.45) is 3.69. The molecule has 0 spiro atoms. The Hall–Kier alpha value is -0.380. The van der Waals surface area contributed by atoms with Crippen molar-refractivity contribution < 1.29 is 14.9 Å². The first-order chi connectivity index (χ1) is 5.27. The standard InChI is InChI=1S/C8H16O3/c1-2-3-6-11-7-4-5-8(9)10/h4-5,8-10H,2-3,6-7H2,1H3/b5-4+. The van der Waals surface area contributed by atoms with E-state index < -0.39 is 6.29 Å². The van der Waals surface area contributed by atoms with Crippen LogP contribution in [-0.2, 0) is 4.74 Å². The van der Waals surface area contributed by atoms with Crippen molar-refractivity contribution in [3.63, 3.8) is 0 Å². The van der Waals surface area contributed by atoms with Crippen molar-refractivity contribution in [2.45, 2.75) is 26.1 Å². The lowest BCUT2D eigenvalue weighted by atomic mass is 10.4. The number of aliphatic hydroxyl groups is 2. The second kappa shape index (κ2) is 7.72. The fourth-order valence-electron chi connectivity index (χ4n) is 0.575. The largest absolute Gasteiger partial charge is 0.377 e. The molecule has 66 valence electrons. The lowest BCUT2D eigenvalue weighted by Crippen LogP contribution is -1.99. The monoisotopic (exact) mass is 160 g/mol. The zero-order chi connectivity index (χ0) is 8.53. The molecular formula is C8H16O3. The maximum atomic E-state index is 8.37. The molecule has 3 nitrogen and oxygen atoms in total. The molecule has 0 aromatic rings. The molecule has 0 aliphatic rings. The van der Waals surface area contributed by atoms with Crippen LogP contribution in [0.1, 0.15) is 19.8 Å². The molecule has 0 saturated carbocycles. The normalized spacial score (nSPS) is 11.6. The summed E-state index contributed by atoms with van der Waals surface area (Å²) in [5.74, 6) is 0. The van der Waals surface area contributed by atoms with Gasteiger partial charge in [0.25, 0.3) is 0 Å². The average molecular weight is 160 g/mol. The summed E-state index contributed by atoms with van der Waals surface area (Å²) in [5.41, 5.74) is 0. The summed E-state index contributed by atoms with van der Waals surface area (Å²) in [6, 6.07) is 0. The van der Waals surface area contributed by atoms with Crippen molar-refractivity contribution in [2.75, 3.05) is 13.2 Å².